The highest BCUT2D eigenvalue weighted by atomic mass is 16.5. The number of hydrogen-bond donors (Lipinski definition) is 1. The monoisotopic (exact) mass is 318 g/mol. The maximum absolute atomic E-state index is 5.41. The molecule has 5 heteroatoms. The Kier molecular flexibility index (Phi) is 6.11. The van der Waals surface area contributed by atoms with Crippen molar-refractivity contribution in [2.24, 2.45) is 0 Å². The van der Waals surface area contributed by atoms with Gasteiger partial charge in [-0.3, -0.25) is 0 Å². The summed E-state index contributed by atoms with van der Waals surface area (Å²) in [6.45, 7) is 1.60. The van der Waals surface area contributed by atoms with Crippen LogP contribution in [0.2, 0.25) is 0 Å². The number of nitrogens with two attached hydrogens (primary N) is 1. The van der Waals surface area contributed by atoms with E-state index in [4.69, 9.17) is 18.9 Å². The van der Waals surface area contributed by atoms with Crippen molar-refractivity contribution in [3.8, 4) is 23.0 Å². The summed E-state index contributed by atoms with van der Waals surface area (Å²) >= 11 is 0. The zero-order valence-corrected chi connectivity index (χ0v) is 14.1. The molecule has 0 radical (unpaired) electrons. The average Bonchev–Trinajstić information content (AvgIpc) is 2.61. The van der Waals surface area contributed by atoms with Gasteiger partial charge in [0.25, 0.3) is 0 Å². The van der Waals surface area contributed by atoms with E-state index < -0.39 is 0 Å². The molecular formula is C18H24NO4+. The normalized spacial score (nSPS) is 10.3. The number of benzene rings is 2. The summed E-state index contributed by atoms with van der Waals surface area (Å²) < 4.78 is 21.3. The molecule has 0 atom stereocenters. The van der Waals surface area contributed by atoms with Gasteiger partial charge in [0.2, 0.25) is 0 Å². The Hall–Kier alpha value is -2.40. The van der Waals surface area contributed by atoms with Gasteiger partial charge in [-0.2, -0.15) is 0 Å². The van der Waals surface area contributed by atoms with E-state index in [9.17, 15) is 0 Å². The molecule has 0 saturated heterocycles. The van der Waals surface area contributed by atoms with Crippen LogP contribution < -0.4 is 24.3 Å². The molecule has 0 aliphatic carbocycles. The minimum Gasteiger partial charge on any atom is -0.497 e. The predicted molar refractivity (Wildman–Crippen MR) is 88.4 cm³/mol. The molecule has 0 fully saturated rings. The molecule has 0 heterocycles. The molecule has 124 valence electrons. The number of quaternary nitrogens is 1. The third-order valence-electron chi connectivity index (χ3n) is 3.64. The Balaban J connectivity index is 2.05. The summed E-state index contributed by atoms with van der Waals surface area (Å²) in [5.41, 5.74) is 2.24. The van der Waals surface area contributed by atoms with E-state index in [1.807, 2.05) is 36.4 Å². The van der Waals surface area contributed by atoms with E-state index in [1.165, 1.54) is 0 Å². The quantitative estimate of drug-likeness (QED) is 0.809. The van der Waals surface area contributed by atoms with Crippen LogP contribution in [0.4, 0.5) is 0 Å². The maximum atomic E-state index is 5.41. The van der Waals surface area contributed by atoms with Gasteiger partial charge >= 0.3 is 0 Å². The van der Waals surface area contributed by atoms with Crippen molar-refractivity contribution in [2.75, 3.05) is 28.4 Å². The zero-order valence-electron chi connectivity index (χ0n) is 14.1. The minimum absolute atomic E-state index is 0.792. The van der Waals surface area contributed by atoms with Crippen LogP contribution in [0.25, 0.3) is 0 Å². The lowest BCUT2D eigenvalue weighted by Crippen LogP contribution is -2.80. The largest absolute Gasteiger partial charge is 0.497 e. The van der Waals surface area contributed by atoms with Crippen LogP contribution >= 0.6 is 0 Å². The molecule has 5 nitrogen and oxygen atoms in total. The third-order valence-corrected chi connectivity index (χ3v) is 3.64. The molecule has 0 amide bonds. The van der Waals surface area contributed by atoms with E-state index in [0.29, 0.717) is 0 Å². The second kappa shape index (κ2) is 8.29. The summed E-state index contributed by atoms with van der Waals surface area (Å²) in [6.07, 6.45) is 0. The maximum Gasteiger partial charge on any atom is 0.127 e. The van der Waals surface area contributed by atoms with Crippen molar-refractivity contribution in [2.45, 2.75) is 13.1 Å². The third kappa shape index (κ3) is 4.53. The second-order valence-electron chi connectivity index (χ2n) is 5.10. The smallest absolute Gasteiger partial charge is 0.127 e. The van der Waals surface area contributed by atoms with Gasteiger partial charge in [0.1, 0.15) is 36.1 Å². The molecule has 2 aromatic rings. The molecule has 0 bridgehead atoms. The fraction of sp³-hybridized carbons (Fsp3) is 0.333. The predicted octanol–water partition coefficient (Wildman–Crippen LogP) is 1.98. The molecule has 2 rings (SSSR count). The first-order valence-corrected chi connectivity index (χ1v) is 7.44. The topological polar surface area (TPSA) is 53.5 Å². The Bertz CT molecular complexity index is 621. The molecule has 0 unspecified atom stereocenters. The molecule has 0 aromatic heterocycles. The fourth-order valence-corrected chi connectivity index (χ4v) is 2.42. The minimum atomic E-state index is 0.792. The van der Waals surface area contributed by atoms with Crippen molar-refractivity contribution < 1.29 is 24.3 Å². The molecule has 0 aliphatic heterocycles. The van der Waals surface area contributed by atoms with Crippen LogP contribution in [-0.4, -0.2) is 28.4 Å². The lowest BCUT2D eigenvalue weighted by atomic mass is 10.1. The van der Waals surface area contributed by atoms with Gasteiger partial charge < -0.3 is 24.3 Å². The van der Waals surface area contributed by atoms with Crippen LogP contribution in [0, 0.1) is 0 Å². The molecule has 23 heavy (non-hydrogen) atoms. The molecule has 0 saturated carbocycles. The standard InChI is InChI=1S/C18H23NO4/c1-20-15-5-6-18(23-4)14(9-15)12-19-11-13-7-16(21-2)10-17(8-13)22-3/h5-10,19H,11-12H2,1-4H3/p+1. The molecule has 0 aliphatic rings. The highest BCUT2D eigenvalue weighted by Gasteiger charge is 2.08. The van der Waals surface area contributed by atoms with Crippen molar-refractivity contribution in [1.82, 2.24) is 0 Å². The molecule has 0 spiro atoms. The van der Waals surface area contributed by atoms with Gasteiger partial charge in [-0.05, 0) is 30.3 Å². The van der Waals surface area contributed by atoms with Crippen molar-refractivity contribution in [1.29, 1.82) is 0 Å². The SMILES string of the molecule is COc1cc(C[NH2+]Cc2cc(OC)ccc2OC)cc(OC)c1. The highest BCUT2D eigenvalue weighted by Crippen LogP contribution is 2.24. The van der Waals surface area contributed by atoms with Crippen molar-refractivity contribution in [3.05, 3.63) is 47.5 Å². The lowest BCUT2D eigenvalue weighted by molar-refractivity contribution is -0.686. The lowest BCUT2D eigenvalue weighted by Gasteiger charge is -2.11. The summed E-state index contributed by atoms with van der Waals surface area (Å²) in [6, 6.07) is 11.7. The molecular weight excluding hydrogens is 294 g/mol. The molecule has 2 aromatic carbocycles. The van der Waals surface area contributed by atoms with Crippen LogP contribution in [0.3, 0.4) is 0 Å². The summed E-state index contributed by atoms with van der Waals surface area (Å²) in [5, 5.41) is 2.20. The Morgan fingerprint density at radius 2 is 1.35 bits per heavy atom. The van der Waals surface area contributed by atoms with E-state index in [-0.39, 0.29) is 0 Å². The van der Waals surface area contributed by atoms with Crippen LogP contribution in [0.1, 0.15) is 11.1 Å². The van der Waals surface area contributed by atoms with Crippen LogP contribution in [0.15, 0.2) is 36.4 Å². The first-order chi connectivity index (χ1) is 11.2. The van der Waals surface area contributed by atoms with Crippen LogP contribution in [0.5, 0.6) is 23.0 Å². The van der Waals surface area contributed by atoms with Gasteiger partial charge in [0.05, 0.1) is 34.0 Å². The Labute approximate surface area is 137 Å². The van der Waals surface area contributed by atoms with Gasteiger partial charge in [0.15, 0.2) is 0 Å². The van der Waals surface area contributed by atoms with Gasteiger partial charge in [-0.25, -0.2) is 0 Å². The van der Waals surface area contributed by atoms with Crippen molar-refractivity contribution in [3.63, 3.8) is 0 Å². The molecule has 2 N–H and O–H groups in total. The van der Waals surface area contributed by atoms with E-state index in [0.717, 1.165) is 47.2 Å². The summed E-state index contributed by atoms with van der Waals surface area (Å²) in [7, 11) is 6.66. The first kappa shape index (κ1) is 17.0. The van der Waals surface area contributed by atoms with Gasteiger partial charge in [0, 0.05) is 11.6 Å². The fourth-order valence-electron chi connectivity index (χ4n) is 2.42. The summed E-state index contributed by atoms with van der Waals surface area (Å²) in [4.78, 5) is 0. The second-order valence-corrected chi connectivity index (χ2v) is 5.10. The Morgan fingerprint density at radius 3 is 1.91 bits per heavy atom. The summed E-state index contributed by atoms with van der Waals surface area (Å²) in [5.74, 6) is 3.29. The van der Waals surface area contributed by atoms with Gasteiger partial charge in [-0.15, -0.1) is 0 Å². The number of ether oxygens (including phenoxy) is 4. The van der Waals surface area contributed by atoms with Crippen molar-refractivity contribution >= 4 is 0 Å². The highest BCUT2D eigenvalue weighted by molar-refractivity contribution is 5.40. The van der Waals surface area contributed by atoms with E-state index >= 15 is 0 Å². The van der Waals surface area contributed by atoms with Gasteiger partial charge in [-0.1, -0.05) is 0 Å². The first-order valence-electron chi connectivity index (χ1n) is 7.44. The van der Waals surface area contributed by atoms with E-state index in [1.54, 1.807) is 28.4 Å². The zero-order chi connectivity index (χ0) is 16.7. The average molecular weight is 318 g/mol. The van der Waals surface area contributed by atoms with Crippen LogP contribution in [-0.2, 0) is 13.1 Å². The van der Waals surface area contributed by atoms with E-state index in [2.05, 4.69) is 5.32 Å². The number of methoxy groups -OCH3 is 4. The number of rotatable bonds is 8. The number of hydrogen-bond acceptors (Lipinski definition) is 4. The Morgan fingerprint density at radius 1 is 0.696 bits per heavy atom.